The van der Waals surface area contributed by atoms with Gasteiger partial charge in [-0.2, -0.15) is 0 Å². The lowest BCUT2D eigenvalue weighted by Crippen LogP contribution is -2.13. The van der Waals surface area contributed by atoms with Crippen molar-refractivity contribution in [2.75, 3.05) is 33.9 Å². The van der Waals surface area contributed by atoms with Gasteiger partial charge in [0.2, 0.25) is 0 Å². The largest absolute Gasteiger partial charge is 0.493 e. The number of rotatable bonds is 36. The molecule has 0 aliphatic carbocycles. The summed E-state index contributed by atoms with van der Waals surface area (Å²) in [5.74, 6) is 1.95. The van der Waals surface area contributed by atoms with Crippen LogP contribution in [-0.4, -0.2) is 38.8 Å². The molecular weight excluding hydrogens is 611 g/mol. The Balaban J connectivity index is 2.20. The maximum atomic E-state index is 6.26. The van der Waals surface area contributed by atoms with Gasteiger partial charge < -0.3 is 14.4 Å². The van der Waals surface area contributed by atoms with Crippen LogP contribution in [0.4, 0.5) is 0 Å². The second kappa shape index (κ2) is 36.5. The minimum atomic E-state index is 0.793. The Kier molecular flexibility index (Phi) is 33.4. The summed E-state index contributed by atoms with van der Waals surface area (Å²) < 4.78 is 12.5. The van der Waals surface area contributed by atoms with Crippen LogP contribution < -0.4 is 9.47 Å². The van der Waals surface area contributed by atoms with Crippen LogP contribution in [0.1, 0.15) is 180 Å². The lowest BCUT2D eigenvalue weighted by molar-refractivity contribution is 0.289. The van der Waals surface area contributed by atoms with E-state index in [2.05, 4.69) is 99.6 Å². The molecule has 286 valence electrons. The van der Waals surface area contributed by atoms with Gasteiger partial charge in [-0.1, -0.05) is 140 Å². The molecule has 0 aliphatic rings. The molecule has 3 nitrogen and oxygen atoms in total. The van der Waals surface area contributed by atoms with Crippen molar-refractivity contribution in [3.05, 3.63) is 72.4 Å². The molecule has 0 saturated heterocycles. The van der Waals surface area contributed by atoms with Crippen LogP contribution in [0.25, 0.3) is 0 Å². The smallest absolute Gasteiger partial charge is 0.123 e. The number of allylic oxidation sites excluding steroid dienone is 8. The first-order chi connectivity index (χ1) is 24.7. The molecule has 0 fully saturated rings. The molecule has 0 heterocycles. The number of unbranched alkanes of at least 4 members (excludes halogenated alkanes) is 18. The molecule has 0 bridgehead atoms. The fourth-order valence-electron chi connectivity index (χ4n) is 6.10. The Morgan fingerprint density at radius 1 is 0.440 bits per heavy atom. The van der Waals surface area contributed by atoms with E-state index in [-0.39, 0.29) is 0 Å². The monoisotopic (exact) mass is 692 g/mol. The first-order valence-electron chi connectivity index (χ1n) is 21.3. The highest BCUT2D eigenvalue weighted by Gasteiger charge is 2.05. The number of aryl methyl sites for hydroxylation is 1. The number of hydrogen-bond acceptors (Lipinski definition) is 3. The molecule has 0 saturated carbocycles. The highest BCUT2D eigenvalue weighted by molar-refractivity contribution is 5.38. The molecule has 1 aromatic rings. The zero-order valence-electron chi connectivity index (χ0n) is 33.6. The normalized spacial score (nSPS) is 12.2. The molecule has 1 aromatic carbocycles. The quantitative estimate of drug-likeness (QED) is 0.0516. The maximum absolute atomic E-state index is 6.26. The van der Waals surface area contributed by atoms with Crippen LogP contribution in [0.15, 0.2) is 66.8 Å². The zero-order chi connectivity index (χ0) is 36.0. The average Bonchev–Trinajstić information content (AvgIpc) is 3.10. The predicted octanol–water partition coefficient (Wildman–Crippen LogP) is 14.6. The van der Waals surface area contributed by atoms with Gasteiger partial charge in [-0.15, -0.1) is 0 Å². The van der Waals surface area contributed by atoms with E-state index in [1.54, 1.807) is 0 Å². The fraction of sp³-hybridized carbons (Fsp3) is 0.702. The third-order valence-corrected chi connectivity index (χ3v) is 9.24. The molecule has 0 aliphatic heterocycles. The molecule has 0 amide bonds. The first-order valence-corrected chi connectivity index (χ1v) is 21.3. The molecule has 0 radical (unpaired) electrons. The van der Waals surface area contributed by atoms with Gasteiger partial charge in [0.1, 0.15) is 11.5 Å². The molecule has 1 rings (SSSR count). The van der Waals surface area contributed by atoms with Gasteiger partial charge >= 0.3 is 0 Å². The number of nitrogens with zero attached hydrogens (tertiary/aromatic N) is 1. The van der Waals surface area contributed by atoms with Crippen molar-refractivity contribution in [2.24, 2.45) is 0 Å². The molecule has 0 unspecified atom stereocenters. The van der Waals surface area contributed by atoms with Crippen LogP contribution in [0.3, 0.4) is 0 Å². The van der Waals surface area contributed by atoms with E-state index in [0.717, 1.165) is 69.8 Å². The van der Waals surface area contributed by atoms with E-state index < -0.39 is 0 Å². The van der Waals surface area contributed by atoms with Gasteiger partial charge in [0.05, 0.1) is 13.2 Å². The minimum Gasteiger partial charge on any atom is -0.493 e. The Labute approximate surface area is 312 Å². The molecule has 0 aromatic heterocycles. The van der Waals surface area contributed by atoms with Crippen molar-refractivity contribution in [2.45, 2.75) is 181 Å². The van der Waals surface area contributed by atoms with E-state index in [1.165, 1.54) is 134 Å². The van der Waals surface area contributed by atoms with E-state index in [9.17, 15) is 0 Å². The minimum absolute atomic E-state index is 0.793. The summed E-state index contributed by atoms with van der Waals surface area (Å²) in [5.41, 5.74) is 1.33. The molecular formula is C47H81NO2. The molecule has 3 heteroatoms. The Morgan fingerprint density at radius 2 is 0.820 bits per heavy atom. The second-order valence-electron chi connectivity index (χ2n) is 14.6. The van der Waals surface area contributed by atoms with Gasteiger partial charge in [0.15, 0.2) is 0 Å². The summed E-state index contributed by atoms with van der Waals surface area (Å²) in [6.07, 6.45) is 51.4. The number of hydrogen-bond donors (Lipinski definition) is 0. The van der Waals surface area contributed by atoms with E-state index >= 15 is 0 Å². The topological polar surface area (TPSA) is 21.7 Å². The predicted molar refractivity (Wildman–Crippen MR) is 223 cm³/mol. The van der Waals surface area contributed by atoms with Crippen molar-refractivity contribution in [1.29, 1.82) is 0 Å². The summed E-state index contributed by atoms with van der Waals surface area (Å²) in [6, 6.07) is 6.58. The fourth-order valence-corrected chi connectivity index (χ4v) is 6.10. The highest BCUT2D eigenvalue weighted by atomic mass is 16.5. The van der Waals surface area contributed by atoms with Gasteiger partial charge in [0, 0.05) is 6.07 Å². The standard InChI is InChI=1S/C47H81NO2/c1-5-7-9-11-13-15-17-19-21-23-25-27-29-31-33-35-40-49-46-42-45(38-37-39-48(3)4)43-47(44-46)50-41-36-34-32-30-28-26-24-22-20-18-16-14-12-10-8-6-2/h13-16,19-22,42-44H,5-12,17-18,23-41H2,1-4H3. The van der Waals surface area contributed by atoms with E-state index in [0.29, 0.717) is 0 Å². The van der Waals surface area contributed by atoms with Gasteiger partial charge in [-0.3, -0.25) is 0 Å². The van der Waals surface area contributed by atoms with E-state index in [4.69, 9.17) is 9.47 Å². The lowest BCUT2D eigenvalue weighted by atomic mass is 10.1. The number of ether oxygens (including phenoxy) is 2. The van der Waals surface area contributed by atoms with Gasteiger partial charge in [0.25, 0.3) is 0 Å². The SMILES string of the molecule is CCCCCC=CCC=CCCCCCCCCOc1cc(CCCN(C)C)cc(OCCCCCCCCC=CCC=CCCCCC)c1. The van der Waals surface area contributed by atoms with Crippen LogP contribution in [0.5, 0.6) is 11.5 Å². The van der Waals surface area contributed by atoms with Crippen molar-refractivity contribution in [3.63, 3.8) is 0 Å². The third-order valence-electron chi connectivity index (χ3n) is 9.24. The van der Waals surface area contributed by atoms with Crippen LogP contribution >= 0.6 is 0 Å². The van der Waals surface area contributed by atoms with Crippen molar-refractivity contribution >= 4 is 0 Å². The Hall–Kier alpha value is -2.26. The van der Waals surface area contributed by atoms with Crippen LogP contribution in [-0.2, 0) is 6.42 Å². The van der Waals surface area contributed by atoms with Crippen LogP contribution in [0.2, 0.25) is 0 Å². The van der Waals surface area contributed by atoms with E-state index in [1.807, 2.05) is 0 Å². The van der Waals surface area contributed by atoms with Crippen molar-refractivity contribution in [3.8, 4) is 11.5 Å². The summed E-state index contributed by atoms with van der Waals surface area (Å²) in [6.45, 7) is 7.21. The first kappa shape index (κ1) is 45.8. The molecule has 0 spiro atoms. The summed E-state index contributed by atoms with van der Waals surface area (Å²) in [7, 11) is 4.29. The second-order valence-corrected chi connectivity index (χ2v) is 14.6. The van der Waals surface area contributed by atoms with Gasteiger partial charge in [-0.25, -0.2) is 0 Å². The zero-order valence-corrected chi connectivity index (χ0v) is 33.6. The summed E-state index contributed by atoms with van der Waals surface area (Å²) in [5, 5.41) is 0. The molecule has 0 N–H and O–H groups in total. The Bertz CT molecular complexity index is 907. The third kappa shape index (κ3) is 31.7. The lowest BCUT2D eigenvalue weighted by Gasteiger charge is -2.14. The Morgan fingerprint density at radius 3 is 1.22 bits per heavy atom. The summed E-state index contributed by atoms with van der Waals surface area (Å²) in [4.78, 5) is 2.26. The van der Waals surface area contributed by atoms with Crippen molar-refractivity contribution < 1.29 is 9.47 Å². The van der Waals surface area contributed by atoms with Gasteiger partial charge in [-0.05, 0) is 128 Å². The molecule has 50 heavy (non-hydrogen) atoms. The highest BCUT2D eigenvalue weighted by Crippen LogP contribution is 2.25. The van der Waals surface area contributed by atoms with Crippen molar-refractivity contribution in [1.82, 2.24) is 4.90 Å². The number of benzene rings is 1. The maximum Gasteiger partial charge on any atom is 0.123 e. The molecule has 0 atom stereocenters. The average molecular weight is 692 g/mol. The van der Waals surface area contributed by atoms with Crippen LogP contribution in [0, 0.1) is 0 Å². The summed E-state index contributed by atoms with van der Waals surface area (Å²) >= 11 is 0.